The van der Waals surface area contributed by atoms with Crippen molar-refractivity contribution in [3.63, 3.8) is 0 Å². The van der Waals surface area contributed by atoms with Gasteiger partial charge in [-0.2, -0.15) is 0 Å². The molecule has 0 radical (unpaired) electrons. The van der Waals surface area contributed by atoms with E-state index in [9.17, 15) is 4.79 Å². The van der Waals surface area contributed by atoms with Crippen molar-refractivity contribution in [3.05, 3.63) is 29.8 Å². The molecule has 1 aliphatic rings. The van der Waals surface area contributed by atoms with Gasteiger partial charge in [-0.05, 0) is 18.6 Å². The molecular weight excluding hydrogens is 204 g/mol. The Balaban J connectivity index is 2.10. The molecule has 0 saturated carbocycles. The molecule has 0 unspecified atom stereocenters. The highest BCUT2D eigenvalue weighted by atomic mass is 16.5. The molecule has 1 aromatic rings. The standard InChI is InChI=1S/C12H16N2O2/c1-9-4-2-3-5-10(9)14-11(15)12(6-13)7-16-8-12/h2-5H,6-8,13H2,1H3,(H,14,15). The van der Waals surface area contributed by atoms with E-state index in [0.29, 0.717) is 19.8 Å². The summed E-state index contributed by atoms with van der Waals surface area (Å²) in [7, 11) is 0. The van der Waals surface area contributed by atoms with Crippen LogP contribution in [-0.4, -0.2) is 25.7 Å². The Hall–Kier alpha value is -1.39. The highest BCUT2D eigenvalue weighted by Gasteiger charge is 2.44. The van der Waals surface area contributed by atoms with E-state index in [0.717, 1.165) is 11.3 Å². The zero-order valence-electron chi connectivity index (χ0n) is 9.32. The number of rotatable bonds is 3. The second kappa shape index (κ2) is 4.23. The fourth-order valence-electron chi connectivity index (χ4n) is 1.66. The van der Waals surface area contributed by atoms with Crippen molar-refractivity contribution in [1.82, 2.24) is 0 Å². The SMILES string of the molecule is Cc1ccccc1NC(=O)C1(CN)COC1. The van der Waals surface area contributed by atoms with Crippen molar-refractivity contribution < 1.29 is 9.53 Å². The Morgan fingerprint density at radius 2 is 2.19 bits per heavy atom. The number of carbonyl (C=O) groups is 1. The molecule has 86 valence electrons. The number of para-hydroxylation sites is 1. The van der Waals surface area contributed by atoms with Crippen molar-refractivity contribution >= 4 is 11.6 Å². The minimum absolute atomic E-state index is 0.0458. The third-order valence-corrected chi connectivity index (χ3v) is 3.02. The summed E-state index contributed by atoms with van der Waals surface area (Å²) in [6.07, 6.45) is 0. The van der Waals surface area contributed by atoms with Crippen LogP contribution >= 0.6 is 0 Å². The van der Waals surface area contributed by atoms with Gasteiger partial charge in [0.05, 0.1) is 13.2 Å². The first-order valence-electron chi connectivity index (χ1n) is 5.33. The molecule has 0 spiro atoms. The van der Waals surface area contributed by atoms with Crippen LogP contribution in [0, 0.1) is 12.3 Å². The number of benzene rings is 1. The lowest BCUT2D eigenvalue weighted by Crippen LogP contribution is -2.56. The lowest BCUT2D eigenvalue weighted by molar-refractivity contribution is -0.153. The number of hydrogen-bond donors (Lipinski definition) is 2. The van der Waals surface area contributed by atoms with Gasteiger partial charge in [-0.3, -0.25) is 4.79 Å². The average molecular weight is 220 g/mol. The van der Waals surface area contributed by atoms with Crippen LogP contribution in [0.15, 0.2) is 24.3 Å². The Morgan fingerprint density at radius 3 is 2.69 bits per heavy atom. The summed E-state index contributed by atoms with van der Waals surface area (Å²) >= 11 is 0. The third-order valence-electron chi connectivity index (χ3n) is 3.02. The number of carbonyl (C=O) groups excluding carboxylic acids is 1. The van der Waals surface area contributed by atoms with Gasteiger partial charge in [-0.25, -0.2) is 0 Å². The van der Waals surface area contributed by atoms with Gasteiger partial charge >= 0.3 is 0 Å². The number of anilines is 1. The van der Waals surface area contributed by atoms with Crippen LogP contribution in [0.1, 0.15) is 5.56 Å². The molecule has 1 heterocycles. The summed E-state index contributed by atoms with van der Waals surface area (Å²) in [5.74, 6) is -0.0458. The van der Waals surface area contributed by atoms with Gasteiger partial charge in [0.2, 0.25) is 5.91 Å². The summed E-state index contributed by atoms with van der Waals surface area (Å²) in [6.45, 7) is 3.12. The van der Waals surface area contributed by atoms with E-state index in [1.165, 1.54) is 0 Å². The smallest absolute Gasteiger partial charge is 0.236 e. The zero-order valence-corrected chi connectivity index (χ0v) is 9.32. The lowest BCUT2D eigenvalue weighted by atomic mass is 9.85. The number of nitrogens with two attached hydrogens (primary N) is 1. The summed E-state index contributed by atoms with van der Waals surface area (Å²) in [5, 5.41) is 2.90. The molecule has 1 saturated heterocycles. The van der Waals surface area contributed by atoms with E-state index >= 15 is 0 Å². The highest BCUT2D eigenvalue weighted by molar-refractivity contribution is 5.96. The second-order valence-corrected chi connectivity index (χ2v) is 4.25. The fourth-order valence-corrected chi connectivity index (χ4v) is 1.66. The van der Waals surface area contributed by atoms with E-state index < -0.39 is 5.41 Å². The van der Waals surface area contributed by atoms with E-state index in [2.05, 4.69) is 5.32 Å². The van der Waals surface area contributed by atoms with Crippen molar-refractivity contribution in [2.75, 3.05) is 25.1 Å². The zero-order chi connectivity index (χ0) is 11.6. The van der Waals surface area contributed by atoms with Crippen molar-refractivity contribution in [2.24, 2.45) is 11.1 Å². The topological polar surface area (TPSA) is 64.4 Å². The first kappa shape index (κ1) is 11.1. The first-order chi connectivity index (χ1) is 7.68. The molecule has 2 rings (SSSR count). The third kappa shape index (κ3) is 1.81. The van der Waals surface area contributed by atoms with Crippen molar-refractivity contribution in [2.45, 2.75) is 6.92 Å². The molecule has 3 N–H and O–H groups in total. The van der Waals surface area contributed by atoms with Crippen molar-refractivity contribution in [1.29, 1.82) is 0 Å². The van der Waals surface area contributed by atoms with Gasteiger partial charge in [-0.15, -0.1) is 0 Å². The Morgan fingerprint density at radius 1 is 1.50 bits per heavy atom. The lowest BCUT2D eigenvalue weighted by Gasteiger charge is -2.38. The molecule has 0 bridgehead atoms. The predicted octanol–water partition coefficient (Wildman–Crippen LogP) is 0.909. The summed E-state index contributed by atoms with van der Waals surface area (Å²) in [6, 6.07) is 7.68. The molecule has 4 heteroatoms. The maximum absolute atomic E-state index is 12.0. The normalized spacial score (nSPS) is 17.6. The van der Waals surface area contributed by atoms with Gasteiger partial charge in [0.15, 0.2) is 0 Å². The van der Waals surface area contributed by atoms with E-state index in [1.807, 2.05) is 31.2 Å². The van der Waals surface area contributed by atoms with Crippen LogP contribution in [0.4, 0.5) is 5.69 Å². The van der Waals surface area contributed by atoms with Gasteiger partial charge in [-0.1, -0.05) is 18.2 Å². The van der Waals surface area contributed by atoms with Crippen LogP contribution in [0.3, 0.4) is 0 Å². The highest BCUT2D eigenvalue weighted by Crippen LogP contribution is 2.28. The molecule has 0 aromatic heterocycles. The van der Waals surface area contributed by atoms with Crippen LogP contribution < -0.4 is 11.1 Å². The number of ether oxygens (including phenoxy) is 1. The molecule has 1 aromatic carbocycles. The Bertz CT molecular complexity index is 394. The molecule has 4 nitrogen and oxygen atoms in total. The van der Waals surface area contributed by atoms with Crippen LogP contribution in [0.25, 0.3) is 0 Å². The molecular formula is C12H16N2O2. The summed E-state index contributed by atoms with van der Waals surface area (Å²) in [5.41, 5.74) is 6.98. The maximum atomic E-state index is 12.0. The predicted molar refractivity (Wildman–Crippen MR) is 62.1 cm³/mol. The van der Waals surface area contributed by atoms with Crippen LogP contribution in [0.5, 0.6) is 0 Å². The van der Waals surface area contributed by atoms with Crippen LogP contribution in [-0.2, 0) is 9.53 Å². The van der Waals surface area contributed by atoms with Gasteiger partial charge in [0, 0.05) is 12.2 Å². The minimum Gasteiger partial charge on any atom is -0.379 e. The maximum Gasteiger partial charge on any atom is 0.236 e. The van der Waals surface area contributed by atoms with Gasteiger partial charge < -0.3 is 15.8 Å². The van der Waals surface area contributed by atoms with Crippen molar-refractivity contribution in [3.8, 4) is 0 Å². The van der Waals surface area contributed by atoms with Gasteiger partial charge in [0.1, 0.15) is 5.41 Å². The fraction of sp³-hybridized carbons (Fsp3) is 0.417. The van der Waals surface area contributed by atoms with Crippen LogP contribution in [0.2, 0.25) is 0 Å². The molecule has 1 amide bonds. The van der Waals surface area contributed by atoms with E-state index in [1.54, 1.807) is 0 Å². The molecule has 0 atom stereocenters. The number of nitrogens with one attached hydrogen (secondary N) is 1. The first-order valence-corrected chi connectivity index (χ1v) is 5.33. The molecule has 1 aliphatic heterocycles. The largest absolute Gasteiger partial charge is 0.379 e. The monoisotopic (exact) mass is 220 g/mol. The molecule has 0 aliphatic carbocycles. The quantitative estimate of drug-likeness (QED) is 0.795. The molecule has 1 fully saturated rings. The Labute approximate surface area is 94.8 Å². The minimum atomic E-state index is -0.526. The number of hydrogen-bond acceptors (Lipinski definition) is 3. The van der Waals surface area contributed by atoms with E-state index in [4.69, 9.17) is 10.5 Å². The average Bonchev–Trinajstić information content (AvgIpc) is 2.21. The van der Waals surface area contributed by atoms with Gasteiger partial charge in [0.25, 0.3) is 0 Å². The summed E-state index contributed by atoms with van der Waals surface area (Å²) in [4.78, 5) is 12.0. The summed E-state index contributed by atoms with van der Waals surface area (Å²) < 4.78 is 5.08. The molecule has 16 heavy (non-hydrogen) atoms. The number of amides is 1. The number of aryl methyl sites for hydroxylation is 1. The van der Waals surface area contributed by atoms with E-state index in [-0.39, 0.29) is 5.91 Å². The Kier molecular flexibility index (Phi) is 2.94. The second-order valence-electron chi connectivity index (χ2n) is 4.25.